The van der Waals surface area contributed by atoms with Gasteiger partial charge in [0.15, 0.2) is 0 Å². The lowest BCUT2D eigenvalue weighted by molar-refractivity contribution is -0.132. The van der Waals surface area contributed by atoms with Crippen molar-refractivity contribution >= 4 is 29.1 Å². The van der Waals surface area contributed by atoms with Gasteiger partial charge in [0.1, 0.15) is 18.4 Å². The Morgan fingerprint density at radius 3 is 2.41 bits per heavy atom. The molecule has 3 amide bonds. The van der Waals surface area contributed by atoms with Crippen LogP contribution in [0.4, 0.5) is 15.8 Å². The van der Waals surface area contributed by atoms with Gasteiger partial charge in [0.2, 0.25) is 11.8 Å². The molecule has 7 nitrogen and oxygen atoms in total. The number of amides is 3. The molecule has 32 heavy (non-hydrogen) atoms. The zero-order chi connectivity index (χ0) is 22.2. The molecule has 166 valence electrons. The summed E-state index contributed by atoms with van der Waals surface area (Å²) in [5.74, 6) is -0.728. The lowest BCUT2D eigenvalue weighted by Crippen LogP contribution is -2.53. The van der Waals surface area contributed by atoms with Crippen molar-refractivity contribution in [3.05, 3.63) is 59.9 Å². The Hall–Kier alpha value is -3.42. The van der Waals surface area contributed by atoms with E-state index in [0.29, 0.717) is 50.4 Å². The lowest BCUT2D eigenvalue weighted by Gasteiger charge is -2.37. The maximum Gasteiger partial charge on any atom is 0.256 e. The van der Waals surface area contributed by atoms with Gasteiger partial charge in [-0.25, -0.2) is 4.39 Å². The van der Waals surface area contributed by atoms with Gasteiger partial charge in [0, 0.05) is 38.4 Å². The summed E-state index contributed by atoms with van der Waals surface area (Å²) in [6.07, 6.45) is 1.41. The van der Waals surface area contributed by atoms with Crippen LogP contribution in [0, 0.1) is 5.82 Å². The Bertz CT molecular complexity index is 1050. The van der Waals surface area contributed by atoms with Crippen molar-refractivity contribution in [1.29, 1.82) is 0 Å². The number of benzene rings is 2. The monoisotopic (exact) mass is 436 g/mol. The fraction of sp³-hybridized carbons (Fsp3) is 0.375. The largest absolute Gasteiger partial charge is 0.368 e. The van der Waals surface area contributed by atoms with Crippen molar-refractivity contribution in [2.24, 2.45) is 0 Å². The first-order valence-electron chi connectivity index (χ1n) is 11.0. The summed E-state index contributed by atoms with van der Waals surface area (Å²) < 4.78 is 13.2. The van der Waals surface area contributed by atoms with Crippen LogP contribution >= 0.6 is 0 Å². The molecule has 1 atom stereocenters. The Kier molecular flexibility index (Phi) is 5.28. The summed E-state index contributed by atoms with van der Waals surface area (Å²) in [5.41, 5.74) is 1.91. The predicted molar refractivity (Wildman–Crippen MR) is 118 cm³/mol. The third kappa shape index (κ3) is 3.59. The number of carbonyl (C=O) groups excluding carboxylic acids is 3. The van der Waals surface area contributed by atoms with Gasteiger partial charge < -0.3 is 19.6 Å². The molecule has 0 radical (unpaired) electrons. The van der Waals surface area contributed by atoms with E-state index in [1.807, 2.05) is 0 Å². The molecule has 1 unspecified atom stereocenters. The number of hydrogen-bond acceptors (Lipinski definition) is 4. The summed E-state index contributed by atoms with van der Waals surface area (Å²) in [4.78, 5) is 46.5. The van der Waals surface area contributed by atoms with E-state index in [4.69, 9.17) is 0 Å². The van der Waals surface area contributed by atoms with Crippen molar-refractivity contribution in [2.45, 2.75) is 18.9 Å². The third-order valence-corrected chi connectivity index (χ3v) is 6.61. The quantitative estimate of drug-likeness (QED) is 0.740. The van der Waals surface area contributed by atoms with E-state index in [0.717, 1.165) is 12.1 Å². The lowest BCUT2D eigenvalue weighted by atomic mass is 10.1. The second kappa shape index (κ2) is 8.26. The average Bonchev–Trinajstić information content (AvgIpc) is 3.30. The third-order valence-electron chi connectivity index (χ3n) is 6.61. The minimum absolute atomic E-state index is 0.0794. The average molecular weight is 436 g/mol. The summed E-state index contributed by atoms with van der Waals surface area (Å²) in [7, 11) is 0. The van der Waals surface area contributed by atoms with Gasteiger partial charge in [-0.15, -0.1) is 0 Å². The molecule has 3 aliphatic rings. The summed E-state index contributed by atoms with van der Waals surface area (Å²) in [6.45, 7) is 2.80. The molecule has 2 aromatic carbocycles. The second-order valence-electron chi connectivity index (χ2n) is 8.44. The second-order valence-corrected chi connectivity index (χ2v) is 8.44. The SMILES string of the molecule is O=C(CN1C(=O)C2CCCN2C(=O)c2ccccc21)N1CCN(c2ccc(F)cc2)CC1. The van der Waals surface area contributed by atoms with E-state index in [2.05, 4.69) is 4.90 Å². The molecule has 0 aromatic heterocycles. The van der Waals surface area contributed by atoms with Gasteiger partial charge in [-0.05, 0) is 49.2 Å². The number of carbonyl (C=O) groups is 3. The van der Waals surface area contributed by atoms with Crippen LogP contribution in [0.2, 0.25) is 0 Å². The van der Waals surface area contributed by atoms with Crippen LogP contribution < -0.4 is 9.80 Å². The van der Waals surface area contributed by atoms with Crippen molar-refractivity contribution in [3.63, 3.8) is 0 Å². The van der Waals surface area contributed by atoms with Crippen molar-refractivity contribution < 1.29 is 18.8 Å². The van der Waals surface area contributed by atoms with Crippen molar-refractivity contribution in [2.75, 3.05) is 49.1 Å². The highest BCUT2D eigenvalue weighted by Gasteiger charge is 2.42. The van der Waals surface area contributed by atoms with E-state index in [9.17, 15) is 18.8 Å². The minimum atomic E-state index is -0.502. The number of rotatable bonds is 3. The van der Waals surface area contributed by atoms with Crippen LogP contribution in [-0.4, -0.2) is 72.8 Å². The first-order valence-corrected chi connectivity index (χ1v) is 11.0. The predicted octanol–water partition coefficient (Wildman–Crippen LogP) is 2.13. The Labute approximate surface area is 186 Å². The molecule has 2 aromatic rings. The molecule has 0 aliphatic carbocycles. The van der Waals surface area contributed by atoms with Crippen LogP contribution in [0.15, 0.2) is 48.5 Å². The number of para-hydroxylation sites is 1. The molecule has 0 spiro atoms. The zero-order valence-electron chi connectivity index (χ0n) is 17.7. The van der Waals surface area contributed by atoms with Gasteiger partial charge in [-0.3, -0.25) is 14.4 Å². The molecule has 2 fully saturated rings. The number of fused-ring (bicyclic) bond motifs is 2. The molecule has 3 heterocycles. The topological polar surface area (TPSA) is 64.2 Å². The van der Waals surface area contributed by atoms with Crippen LogP contribution in [-0.2, 0) is 9.59 Å². The van der Waals surface area contributed by atoms with Gasteiger partial charge >= 0.3 is 0 Å². The first kappa shape index (κ1) is 20.5. The normalized spacial score (nSPS) is 20.8. The summed E-state index contributed by atoms with van der Waals surface area (Å²) in [6, 6.07) is 12.9. The van der Waals surface area contributed by atoms with Crippen LogP contribution in [0.25, 0.3) is 0 Å². The van der Waals surface area contributed by atoms with E-state index in [-0.39, 0.29) is 30.1 Å². The molecule has 8 heteroatoms. The Balaban J connectivity index is 1.31. The molecular weight excluding hydrogens is 411 g/mol. The van der Waals surface area contributed by atoms with Crippen molar-refractivity contribution in [1.82, 2.24) is 9.80 Å². The number of piperazine rings is 1. The smallest absolute Gasteiger partial charge is 0.256 e. The number of anilines is 2. The highest BCUT2D eigenvalue weighted by molar-refractivity contribution is 6.12. The number of halogens is 1. The van der Waals surface area contributed by atoms with E-state index in [1.54, 1.807) is 46.2 Å². The van der Waals surface area contributed by atoms with E-state index in [1.165, 1.54) is 17.0 Å². The molecule has 3 aliphatic heterocycles. The standard InChI is InChI=1S/C24H25FN4O3/c25-17-7-9-18(10-8-17)26-12-14-27(15-13-26)22(30)16-29-20-5-2-1-4-19(20)23(31)28-11-3-6-21(28)24(29)32/h1-2,4-5,7-10,21H,3,6,11-16H2. The van der Waals surface area contributed by atoms with Gasteiger partial charge in [-0.2, -0.15) is 0 Å². The van der Waals surface area contributed by atoms with E-state index < -0.39 is 6.04 Å². The zero-order valence-corrected chi connectivity index (χ0v) is 17.7. The maximum absolute atomic E-state index is 13.3. The summed E-state index contributed by atoms with van der Waals surface area (Å²) >= 11 is 0. The fourth-order valence-corrected chi connectivity index (χ4v) is 4.87. The highest BCUT2D eigenvalue weighted by Crippen LogP contribution is 2.32. The summed E-state index contributed by atoms with van der Waals surface area (Å²) in [5, 5.41) is 0. The van der Waals surface area contributed by atoms with Gasteiger partial charge in [-0.1, -0.05) is 12.1 Å². The minimum Gasteiger partial charge on any atom is -0.368 e. The molecule has 0 bridgehead atoms. The fourth-order valence-electron chi connectivity index (χ4n) is 4.87. The number of nitrogens with zero attached hydrogens (tertiary/aromatic N) is 4. The van der Waals surface area contributed by atoms with Crippen molar-refractivity contribution in [3.8, 4) is 0 Å². The molecule has 0 saturated carbocycles. The van der Waals surface area contributed by atoms with Crippen LogP contribution in [0.3, 0.4) is 0 Å². The van der Waals surface area contributed by atoms with Gasteiger partial charge in [0.05, 0.1) is 11.3 Å². The molecular formula is C24H25FN4O3. The number of hydrogen-bond donors (Lipinski definition) is 0. The Morgan fingerprint density at radius 1 is 0.938 bits per heavy atom. The molecule has 5 rings (SSSR count). The maximum atomic E-state index is 13.3. The Morgan fingerprint density at radius 2 is 1.66 bits per heavy atom. The van der Waals surface area contributed by atoms with Crippen LogP contribution in [0.1, 0.15) is 23.2 Å². The highest BCUT2D eigenvalue weighted by atomic mass is 19.1. The van der Waals surface area contributed by atoms with Gasteiger partial charge in [0.25, 0.3) is 5.91 Å². The molecule has 2 saturated heterocycles. The van der Waals surface area contributed by atoms with E-state index >= 15 is 0 Å². The first-order chi connectivity index (χ1) is 15.5. The van der Waals surface area contributed by atoms with Crippen LogP contribution in [0.5, 0.6) is 0 Å². The molecule has 0 N–H and O–H groups in total.